The Morgan fingerprint density at radius 2 is 1.45 bits per heavy atom. The number of carbonyl (C=O) groups excluding carboxylic acids is 2. The Hall–Kier alpha value is -4.72. The Bertz CT molecular complexity index is 1420. The van der Waals surface area contributed by atoms with E-state index in [2.05, 4.69) is 26.0 Å². The molecule has 0 atom stereocenters. The third kappa shape index (κ3) is 4.35. The summed E-state index contributed by atoms with van der Waals surface area (Å²) in [4.78, 5) is 27.8. The van der Waals surface area contributed by atoms with Crippen LogP contribution in [0.2, 0.25) is 0 Å². The fourth-order valence-electron chi connectivity index (χ4n) is 3.50. The van der Waals surface area contributed by atoms with E-state index < -0.39 is 5.91 Å². The second kappa shape index (κ2) is 8.80. The van der Waals surface area contributed by atoms with Gasteiger partial charge in [0.2, 0.25) is 17.7 Å². The van der Waals surface area contributed by atoms with Gasteiger partial charge in [0.05, 0.1) is 6.42 Å². The Morgan fingerprint density at radius 1 is 0.788 bits per heavy atom. The second-order valence-corrected chi connectivity index (χ2v) is 7.39. The maximum atomic E-state index is 12.4. The third-order valence-electron chi connectivity index (χ3n) is 5.18. The van der Waals surface area contributed by atoms with Crippen molar-refractivity contribution in [2.45, 2.75) is 6.42 Å². The highest BCUT2D eigenvalue weighted by Gasteiger charge is 2.13. The molecule has 3 N–H and O–H groups in total. The average molecular weight is 437 g/mol. The van der Waals surface area contributed by atoms with Gasteiger partial charge in [-0.25, -0.2) is 0 Å². The minimum absolute atomic E-state index is 0.143. The highest BCUT2D eigenvalue weighted by atomic mass is 16.4. The summed E-state index contributed by atoms with van der Waals surface area (Å²) in [5.41, 5.74) is 8.62. The number of carbonyl (C=O) groups is 2. The van der Waals surface area contributed by atoms with Crippen molar-refractivity contribution in [2.24, 2.45) is 0 Å². The number of aromatic amines is 1. The number of H-pyrrole nitrogens is 1. The molecule has 8 nitrogen and oxygen atoms in total. The molecule has 3 aromatic carbocycles. The first-order chi connectivity index (χ1) is 16.2. The lowest BCUT2D eigenvalue weighted by molar-refractivity contribution is -0.121. The summed E-state index contributed by atoms with van der Waals surface area (Å²) in [7, 11) is 0. The van der Waals surface area contributed by atoms with Crippen molar-refractivity contribution in [1.82, 2.24) is 26.0 Å². The van der Waals surface area contributed by atoms with E-state index in [0.29, 0.717) is 22.9 Å². The monoisotopic (exact) mass is 437 g/mol. The van der Waals surface area contributed by atoms with Gasteiger partial charge >= 0.3 is 0 Å². The Labute approximate surface area is 188 Å². The van der Waals surface area contributed by atoms with Crippen molar-refractivity contribution in [3.8, 4) is 22.9 Å². The van der Waals surface area contributed by atoms with E-state index in [1.807, 2.05) is 54.6 Å². The number of hydrogen-bond acceptors (Lipinski definition) is 5. The number of hydrazine groups is 1. The van der Waals surface area contributed by atoms with Crippen LogP contribution in [-0.2, 0) is 11.2 Å². The van der Waals surface area contributed by atoms with Crippen LogP contribution in [0.25, 0.3) is 33.8 Å². The highest BCUT2D eigenvalue weighted by Crippen LogP contribution is 2.24. The van der Waals surface area contributed by atoms with E-state index in [1.54, 1.807) is 30.5 Å². The minimum atomic E-state index is -0.427. The fourth-order valence-corrected chi connectivity index (χ4v) is 3.50. The molecule has 0 aliphatic rings. The van der Waals surface area contributed by atoms with Gasteiger partial charge < -0.3 is 9.40 Å². The predicted molar refractivity (Wildman–Crippen MR) is 123 cm³/mol. The summed E-state index contributed by atoms with van der Waals surface area (Å²) in [6.07, 6.45) is 1.94. The van der Waals surface area contributed by atoms with E-state index in [4.69, 9.17) is 4.42 Å². The molecule has 0 aliphatic carbocycles. The highest BCUT2D eigenvalue weighted by molar-refractivity contribution is 5.96. The number of aromatic nitrogens is 3. The van der Waals surface area contributed by atoms with Crippen molar-refractivity contribution in [3.63, 3.8) is 0 Å². The molecule has 162 valence electrons. The van der Waals surface area contributed by atoms with E-state index >= 15 is 0 Å². The van der Waals surface area contributed by atoms with Crippen LogP contribution in [0.4, 0.5) is 0 Å². The number of fused-ring (bicyclic) bond motifs is 1. The number of amides is 2. The van der Waals surface area contributed by atoms with Crippen LogP contribution in [0, 0.1) is 0 Å². The summed E-state index contributed by atoms with van der Waals surface area (Å²) in [5.74, 6) is 0.0338. The molecule has 0 spiro atoms. The summed E-state index contributed by atoms with van der Waals surface area (Å²) >= 11 is 0. The molecule has 0 aliphatic heterocycles. The Balaban J connectivity index is 1.19. The van der Waals surface area contributed by atoms with Gasteiger partial charge in [-0.3, -0.25) is 20.4 Å². The van der Waals surface area contributed by atoms with Gasteiger partial charge in [-0.05, 0) is 48.0 Å². The summed E-state index contributed by atoms with van der Waals surface area (Å²) in [6, 6.07) is 23.9. The molecule has 0 fully saturated rings. The fraction of sp³-hybridized carbons (Fsp3) is 0.0400. The molecule has 0 saturated carbocycles. The molecule has 5 aromatic rings. The summed E-state index contributed by atoms with van der Waals surface area (Å²) in [5, 5.41) is 9.13. The normalized spacial score (nSPS) is 10.8. The van der Waals surface area contributed by atoms with Crippen molar-refractivity contribution in [3.05, 3.63) is 96.2 Å². The van der Waals surface area contributed by atoms with Gasteiger partial charge in [0.15, 0.2) is 0 Å². The summed E-state index contributed by atoms with van der Waals surface area (Å²) < 4.78 is 5.73. The Morgan fingerprint density at radius 3 is 2.21 bits per heavy atom. The zero-order chi connectivity index (χ0) is 22.6. The lowest BCUT2D eigenvalue weighted by Crippen LogP contribution is -2.42. The molecular formula is C25H19N5O3. The summed E-state index contributed by atoms with van der Waals surface area (Å²) in [6.45, 7) is 0. The Kier molecular flexibility index (Phi) is 5.38. The second-order valence-electron chi connectivity index (χ2n) is 7.39. The molecule has 0 unspecified atom stereocenters. The zero-order valence-electron chi connectivity index (χ0n) is 17.4. The first-order valence-corrected chi connectivity index (χ1v) is 10.3. The number of benzene rings is 3. The predicted octanol–water partition coefficient (Wildman–Crippen LogP) is 3.89. The van der Waals surface area contributed by atoms with Crippen LogP contribution >= 0.6 is 0 Å². The van der Waals surface area contributed by atoms with Gasteiger partial charge in [0, 0.05) is 33.8 Å². The van der Waals surface area contributed by atoms with Crippen LogP contribution in [0.1, 0.15) is 15.9 Å². The zero-order valence-corrected chi connectivity index (χ0v) is 17.4. The van der Waals surface area contributed by atoms with Crippen molar-refractivity contribution < 1.29 is 14.0 Å². The maximum absolute atomic E-state index is 12.4. The van der Waals surface area contributed by atoms with Crippen LogP contribution in [0.3, 0.4) is 0 Å². The SMILES string of the molecule is O=C(Cc1c[nH]c2ccccc12)NNC(=O)c1ccc(-c2nnc(-c3ccccc3)o2)cc1. The molecule has 2 heterocycles. The van der Waals surface area contributed by atoms with Crippen molar-refractivity contribution in [2.75, 3.05) is 0 Å². The number of nitrogens with one attached hydrogen (secondary N) is 3. The third-order valence-corrected chi connectivity index (χ3v) is 5.18. The lowest BCUT2D eigenvalue weighted by atomic mass is 10.1. The molecule has 2 aromatic heterocycles. The van der Waals surface area contributed by atoms with E-state index in [-0.39, 0.29) is 12.3 Å². The standard InChI is InChI=1S/C25H19N5O3/c31-22(14-19-15-26-21-9-5-4-8-20(19)21)27-28-23(32)16-10-12-18(13-11-16)25-30-29-24(33-25)17-6-2-1-3-7-17/h1-13,15,26H,14H2,(H,27,31)(H,28,32). The molecule has 33 heavy (non-hydrogen) atoms. The smallest absolute Gasteiger partial charge is 0.269 e. The quantitative estimate of drug-likeness (QED) is 0.361. The largest absolute Gasteiger partial charge is 0.416 e. The topological polar surface area (TPSA) is 113 Å². The molecule has 2 amide bonds. The van der Waals surface area contributed by atoms with E-state index in [1.165, 1.54) is 0 Å². The van der Waals surface area contributed by atoms with E-state index in [9.17, 15) is 9.59 Å². The molecule has 0 bridgehead atoms. The number of para-hydroxylation sites is 1. The van der Waals surface area contributed by atoms with Gasteiger partial charge in [-0.15, -0.1) is 10.2 Å². The van der Waals surface area contributed by atoms with Crippen molar-refractivity contribution >= 4 is 22.7 Å². The molecule has 5 rings (SSSR count). The van der Waals surface area contributed by atoms with Crippen LogP contribution < -0.4 is 10.9 Å². The minimum Gasteiger partial charge on any atom is -0.416 e. The van der Waals surface area contributed by atoms with Gasteiger partial charge in [0.25, 0.3) is 5.91 Å². The maximum Gasteiger partial charge on any atom is 0.269 e. The van der Waals surface area contributed by atoms with E-state index in [0.717, 1.165) is 22.0 Å². The number of hydrogen-bond donors (Lipinski definition) is 3. The van der Waals surface area contributed by atoms with Gasteiger partial charge in [-0.1, -0.05) is 36.4 Å². The number of nitrogens with zero attached hydrogens (tertiary/aromatic N) is 2. The molecule has 0 saturated heterocycles. The lowest BCUT2D eigenvalue weighted by Gasteiger charge is -2.07. The molecule has 8 heteroatoms. The number of rotatable bonds is 5. The van der Waals surface area contributed by atoms with Crippen LogP contribution in [0.15, 0.2) is 89.5 Å². The molecule has 0 radical (unpaired) electrons. The van der Waals surface area contributed by atoms with Crippen molar-refractivity contribution in [1.29, 1.82) is 0 Å². The van der Waals surface area contributed by atoms with Gasteiger partial charge in [0.1, 0.15) is 0 Å². The van der Waals surface area contributed by atoms with Gasteiger partial charge in [-0.2, -0.15) is 0 Å². The average Bonchev–Trinajstić information content (AvgIpc) is 3.51. The van der Waals surface area contributed by atoms with Crippen LogP contribution in [0.5, 0.6) is 0 Å². The first-order valence-electron chi connectivity index (χ1n) is 10.3. The molecular weight excluding hydrogens is 418 g/mol. The van der Waals surface area contributed by atoms with Crippen LogP contribution in [-0.4, -0.2) is 27.0 Å². The first kappa shape index (κ1) is 20.2.